The van der Waals surface area contributed by atoms with E-state index < -0.39 is 6.10 Å². The molecule has 0 spiro atoms. The first kappa shape index (κ1) is 14.3. The van der Waals surface area contributed by atoms with Crippen molar-refractivity contribution < 1.29 is 9.90 Å². The van der Waals surface area contributed by atoms with Gasteiger partial charge in [0, 0.05) is 19.1 Å². The fraction of sp³-hybridized carbons (Fsp3) is 0.917. The van der Waals surface area contributed by atoms with Gasteiger partial charge in [-0.05, 0) is 39.8 Å². The summed E-state index contributed by atoms with van der Waals surface area (Å²) in [4.78, 5) is 13.6. The number of carbonyl (C=O) groups excluding carboxylic acids is 1. The van der Waals surface area contributed by atoms with E-state index in [0.29, 0.717) is 13.1 Å². The van der Waals surface area contributed by atoms with E-state index in [1.165, 1.54) is 19.3 Å². The number of hydrogen-bond donors (Lipinski definition) is 3. The molecule has 1 aliphatic heterocycles. The summed E-state index contributed by atoms with van der Waals surface area (Å²) in [5.74, 6) is 0. The molecule has 5 heteroatoms. The summed E-state index contributed by atoms with van der Waals surface area (Å²) >= 11 is 0. The van der Waals surface area contributed by atoms with E-state index in [9.17, 15) is 9.90 Å². The van der Waals surface area contributed by atoms with Crippen molar-refractivity contribution in [3.8, 4) is 0 Å². The van der Waals surface area contributed by atoms with Gasteiger partial charge in [-0.3, -0.25) is 0 Å². The molecule has 1 heterocycles. The Kier molecular flexibility index (Phi) is 6.29. The lowest BCUT2D eigenvalue weighted by atomic mass is 10.1. The molecule has 1 aliphatic rings. The number of urea groups is 1. The van der Waals surface area contributed by atoms with Crippen LogP contribution in [0, 0.1) is 0 Å². The molecule has 2 amide bonds. The van der Waals surface area contributed by atoms with E-state index in [0.717, 1.165) is 13.1 Å². The van der Waals surface area contributed by atoms with Crippen molar-refractivity contribution in [3.63, 3.8) is 0 Å². The van der Waals surface area contributed by atoms with Gasteiger partial charge in [-0.1, -0.05) is 6.42 Å². The van der Waals surface area contributed by atoms with Crippen molar-refractivity contribution in [1.82, 2.24) is 15.5 Å². The molecule has 3 N–H and O–H groups in total. The van der Waals surface area contributed by atoms with Gasteiger partial charge in [0.05, 0.1) is 6.10 Å². The van der Waals surface area contributed by atoms with Crippen LogP contribution in [0.2, 0.25) is 0 Å². The van der Waals surface area contributed by atoms with E-state index in [1.807, 2.05) is 13.8 Å². The number of aliphatic hydroxyl groups excluding tert-OH is 1. The van der Waals surface area contributed by atoms with E-state index in [1.54, 1.807) is 0 Å². The molecule has 5 nitrogen and oxygen atoms in total. The van der Waals surface area contributed by atoms with Crippen molar-refractivity contribution in [3.05, 3.63) is 0 Å². The highest BCUT2D eigenvalue weighted by Crippen LogP contribution is 2.08. The van der Waals surface area contributed by atoms with Gasteiger partial charge in [-0.25, -0.2) is 4.79 Å². The Bertz CT molecular complexity index is 228. The number of nitrogens with one attached hydrogen (secondary N) is 2. The predicted octanol–water partition coefficient (Wildman–Crippen LogP) is 0.541. The number of β-amino-alcohol motifs (C(OH)–C–C–N with tert-alkyl or cyclic N) is 1. The average molecular weight is 243 g/mol. The Hall–Kier alpha value is -0.810. The lowest BCUT2D eigenvalue weighted by Crippen LogP contribution is -2.46. The molecular formula is C12H25N3O2. The molecule has 0 saturated carbocycles. The highest BCUT2D eigenvalue weighted by Gasteiger charge is 2.15. The summed E-state index contributed by atoms with van der Waals surface area (Å²) in [5, 5.41) is 15.2. The lowest BCUT2D eigenvalue weighted by Gasteiger charge is -2.28. The summed E-state index contributed by atoms with van der Waals surface area (Å²) in [6.45, 7) is 6.91. The number of likely N-dealkylation sites (tertiary alicyclic amines) is 1. The zero-order valence-corrected chi connectivity index (χ0v) is 10.9. The van der Waals surface area contributed by atoms with Crippen LogP contribution in [0.5, 0.6) is 0 Å². The van der Waals surface area contributed by atoms with Crippen LogP contribution < -0.4 is 10.6 Å². The number of rotatable bonds is 5. The minimum Gasteiger partial charge on any atom is -0.390 e. The minimum atomic E-state index is -0.481. The van der Waals surface area contributed by atoms with Crippen LogP contribution >= 0.6 is 0 Å². The van der Waals surface area contributed by atoms with Gasteiger partial charge in [-0.2, -0.15) is 0 Å². The first-order valence-corrected chi connectivity index (χ1v) is 6.52. The first-order valence-electron chi connectivity index (χ1n) is 6.52. The van der Waals surface area contributed by atoms with E-state index in [-0.39, 0.29) is 12.1 Å². The molecule has 0 aromatic heterocycles. The SMILES string of the molecule is CC(C)NC(=O)NCC(O)CN1CCCCC1. The Balaban J connectivity index is 2.11. The van der Waals surface area contributed by atoms with Gasteiger partial charge in [0.15, 0.2) is 0 Å². The minimum absolute atomic E-state index is 0.120. The lowest BCUT2D eigenvalue weighted by molar-refractivity contribution is 0.101. The number of piperidine rings is 1. The van der Waals surface area contributed by atoms with Gasteiger partial charge in [0.1, 0.15) is 0 Å². The Morgan fingerprint density at radius 2 is 1.94 bits per heavy atom. The molecule has 0 aliphatic carbocycles. The molecule has 1 fully saturated rings. The van der Waals surface area contributed by atoms with Crippen LogP contribution in [0.4, 0.5) is 4.79 Å². The second kappa shape index (κ2) is 7.50. The van der Waals surface area contributed by atoms with Gasteiger partial charge in [0.2, 0.25) is 0 Å². The third-order valence-electron chi connectivity index (χ3n) is 2.84. The highest BCUT2D eigenvalue weighted by atomic mass is 16.3. The topological polar surface area (TPSA) is 64.6 Å². The number of nitrogens with zero attached hydrogens (tertiary/aromatic N) is 1. The molecule has 0 aromatic rings. The maximum absolute atomic E-state index is 11.3. The standard InChI is InChI=1S/C12H25N3O2/c1-10(2)14-12(17)13-8-11(16)9-15-6-4-3-5-7-15/h10-11,16H,3-9H2,1-2H3,(H2,13,14,17). The van der Waals surface area contributed by atoms with Crippen LogP contribution in [0.1, 0.15) is 33.1 Å². The van der Waals surface area contributed by atoms with Gasteiger partial charge >= 0.3 is 6.03 Å². The fourth-order valence-electron chi connectivity index (χ4n) is 2.03. The number of carbonyl (C=O) groups is 1. The van der Waals surface area contributed by atoms with E-state index >= 15 is 0 Å². The van der Waals surface area contributed by atoms with Gasteiger partial charge in [0.25, 0.3) is 0 Å². The van der Waals surface area contributed by atoms with Crippen LogP contribution in [-0.2, 0) is 0 Å². The van der Waals surface area contributed by atoms with Crippen molar-refractivity contribution in [2.75, 3.05) is 26.2 Å². The number of hydrogen-bond acceptors (Lipinski definition) is 3. The maximum atomic E-state index is 11.3. The zero-order chi connectivity index (χ0) is 12.7. The van der Waals surface area contributed by atoms with E-state index in [2.05, 4.69) is 15.5 Å². The zero-order valence-electron chi connectivity index (χ0n) is 10.9. The Labute approximate surface area is 104 Å². The largest absolute Gasteiger partial charge is 0.390 e. The second-order valence-corrected chi connectivity index (χ2v) is 5.02. The number of aliphatic hydroxyl groups is 1. The highest BCUT2D eigenvalue weighted by molar-refractivity contribution is 5.74. The molecule has 0 bridgehead atoms. The molecule has 1 atom stereocenters. The summed E-state index contributed by atoms with van der Waals surface area (Å²) in [6.07, 6.45) is 3.25. The van der Waals surface area contributed by atoms with E-state index in [4.69, 9.17) is 0 Å². The van der Waals surface area contributed by atoms with Crippen LogP contribution in [0.15, 0.2) is 0 Å². The molecule has 1 rings (SSSR count). The van der Waals surface area contributed by atoms with Gasteiger partial charge in [-0.15, -0.1) is 0 Å². The Morgan fingerprint density at radius 1 is 1.29 bits per heavy atom. The van der Waals surface area contributed by atoms with Crippen molar-refractivity contribution in [1.29, 1.82) is 0 Å². The third kappa shape index (κ3) is 6.48. The summed E-state index contributed by atoms with van der Waals surface area (Å²) in [5.41, 5.74) is 0. The third-order valence-corrected chi connectivity index (χ3v) is 2.84. The van der Waals surface area contributed by atoms with Crippen LogP contribution in [0.3, 0.4) is 0 Å². The average Bonchev–Trinajstić information content (AvgIpc) is 2.27. The summed E-state index contributed by atoms with van der Waals surface area (Å²) in [6, 6.07) is -0.0908. The van der Waals surface area contributed by atoms with Gasteiger partial charge < -0.3 is 20.6 Å². The molecule has 17 heavy (non-hydrogen) atoms. The van der Waals surface area contributed by atoms with Crippen LogP contribution in [0.25, 0.3) is 0 Å². The predicted molar refractivity (Wildman–Crippen MR) is 68.0 cm³/mol. The molecule has 0 aromatic carbocycles. The van der Waals surface area contributed by atoms with Crippen molar-refractivity contribution in [2.45, 2.75) is 45.3 Å². The van der Waals surface area contributed by atoms with Crippen molar-refractivity contribution in [2.24, 2.45) is 0 Å². The summed E-state index contributed by atoms with van der Waals surface area (Å²) < 4.78 is 0. The smallest absolute Gasteiger partial charge is 0.315 e. The molecule has 100 valence electrons. The molecule has 1 saturated heterocycles. The second-order valence-electron chi connectivity index (χ2n) is 5.02. The molecular weight excluding hydrogens is 218 g/mol. The maximum Gasteiger partial charge on any atom is 0.315 e. The Morgan fingerprint density at radius 3 is 2.53 bits per heavy atom. The first-order chi connectivity index (χ1) is 8.08. The summed E-state index contributed by atoms with van der Waals surface area (Å²) in [7, 11) is 0. The van der Waals surface area contributed by atoms with Crippen molar-refractivity contribution >= 4 is 6.03 Å². The monoisotopic (exact) mass is 243 g/mol. The molecule has 0 radical (unpaired) electrons. The fourth-order valence-corrected chi connectivity index (χ4v) is 2.03. The number of amides is 2. The molecule has 1 unspecified atom stereocenters. The quantitative estimate of drug-likeness (QED) is 0.660. The normalized spacial score (nSPS) is 19.1. The van der Waals surface area contributed by atoms with Crippen LogP contribution in [-0.4, -0.2) is 54.4 Å².